The van der Waals surface area contributed by atoms with Crippen molar-refractivity contribution < 1.29 is 29.9 Å². The molecule has 5 atom stereocenters. The van der Waals surface area contributed by atoms with Crippen molar-refractivity contribution in [2.75, 3.05) is 13.7 Å². The molecule has 0 radical (unpaired) electrons. The number of hydrogen-bond acceptors (Lipinski definition) is 6. The molecule has 0 aromatic rings. The third kappa shape index (κ3) is 1.98. The van der Waals surface area contributed by atoms with Gasteiger partial charge in [-0.1, -0.05) is 0 Å². The lowest BCUT2D eigenvalue weighted by molar-refractivity contribution is -0.294. The number of aliphatic hydroxyl groups is 4. The summed E-state index contributed by atoms with van der Waals surface area (Å²) in [5.41, 5.74) is 0. The van der Waals surface area contributed by atoms with E-state index in [0.29, 0.717) is 0 Å². The van der Waals surface area contributed by atoms with Crippen LogP contribution in [0.3, 0.4) is 0 Å². The highest BCUT2D eigenvalue weighted by atomic mass is 16.7. The molecule has 1 saturated heterocycles. The van der Waals surface area contributed by atoms with E-state index in [1.54, 1.807) is 0 Å². The highest BCUT2D eigenvalue weighted by Gasteiger charge is 2.43. The molecule has 0 saturated carbocycles. The van der Waals surface area contributed by atoms with Crippen molar-refractivity contribution in [2.24, 2.45) is 0 Å². The van der Waals surface area contributed by atoms with Gasteiger partial charge < -0.3 is 29.9 Å². The Morgan fingerprint density at radius 3 is 2.23 bits per heavy atom. The molecule has 6 nitrogen and oxygen atoms in total. The molecule has 0 bridgehead atoms. The molecule has 1 aliphatic rings. The van der Waals surface area contributed by atoms with Gasteiger partial charge in [-0.15, -0.1) is 0 Å². The third-order valence-corrected chi connectivity index (χ3v) is 2.08. The van der Waals surface area contributed by atoms with E-state index in [-0.39, 0.29) is 0 Å². The van der Waals surface area contributed by atoms with Crippen LogP contribution in [0.2, 0.25) is 0 Å². The second kappa shape index (κ2) is 4.32. The van der Waals surface area contributed by atoms with Gasteiger partial charge in [-0.2, -0.15) is 0 Å². The lowest BCUT2D eigenvalue weighted by Crippen LogP contribution is -2.58. The summed E-state index contributed by atoms with van der Waals surface area (Å²) in [7, 11) is 1.30. The Balaban J connectivity index is 2.66. The smallest absolute Gasteiger partial charge is 0.186 e. The molecule has 1 fully saturated rings. The maximum atomic E-state index is 9.28. The maximum Gasteiger partial charge on any atom is 0.186 e. The first-order valence-corrected chi connectivity index (χ1v) is 3.95. The van der Waals surface area contributed by atoms with Crippen LogP contribution >= 0.6 is 0 Å². The van der Waals surface area contributed by atoms with E-state index in [1.807, 2.05) is 0 Å². The number of rotatable bonds is 2. The minimum Gasteiger partial charge on any atom is -0.394 e. The highest BCUT2D eigenvalue weighted by Crippen LogP contribution is 2.20. The SMILES string of the molecule is COC1O[C@H](CO)[C@H](O)[C@H](O)[C@@H]1O. The summed E-state index contributed by atoms with van der Waals surface area (Å²) in [5, 5.41) is 36.6. The van der Waals surface area contributed by atoms with Crippen LogP contribution < -0.4 is 0 Å². The van der Waals surface area contributed by atoms with Crippen LogP contribution in [0.5, 0.6) is 0 Å². The summed E-state index contributed by atoms with van der Waals surface area (Å²) in [6.07, 6.45) is -5.91. The van der Waals surface area contributed by atoms with Crippen molar-refractivity contribution in [1.29, 1.82) is 0 Å². The van der Waals surface area contributed by atoms with Crippen molar-refractivity contribution in [3.05, 3.63) is 0 Å². The molecular weight excluding hydrogens is 180 g/mol. The monoisotopic (exact) mass is 194 g/mol. The molecule has 78 valence electrons. The Hall–Kier alpha value is -0.240. The largest absolute Gasteiger partial charge is 0.394 e. The molecule has 0 amide bonds. The molecule has 1 rings (SSSR count). The van der Waals surface area contributed by atoms with Crippen LogP contribution in [0.15, 0.2) is 0 Å². The Labute approximate surface area is 75.3 Å². The molecule has 6 heteroatoms. The molecular formula is C7H14O6. The minimum absolute atomic E-state index is 0.440. The van der Waals surface area contributed by atoms with Crippen molar-refractivity contribution in [3.63, 3.8) is 0 Å². The van der Waals surface area contributed by atoms with E-state index in [2.05, 4.69) is 0 Å². The average Bonchev–Trinajstić information content (AvgIpc) is 2.15. The first-order valence-electron chi connectivity index (χ1n) is 3.95. The van der Waals surface area contributed by atoms with Gasteiger partial charge in [0.1, 0.15) is 24.4 Å². The van der Waals surface area contributed by atoms with Crippen molar-refractivity contribution >= 4 is 0 Å². The van der Waals surface area contributed by atoms with Gasteiger partial charge in [-0.05, 0) is 0 Å². The summed E-state index contributed by atoms with van der Waals surface area (Å²) < 4.78 is 9.65. The fourth-order valence-electron chi connectivity index (χ4n) is 1.26. The molecule has 0 aromatic carbocycles. The quantitative estimate of drug-likeness (QED) is 0.386. The van der Waals surface area contributed by atoms with Crippen molar-refractivity contribution in [2.45, 2.75) is 30.7 Å². The van der Waals surface area contributed by atoms with Gasteiger partial charge in [-0.25, -0.2) is 0 Å². The van der Waals surface area contributed by atoms with Gasteiger partial charge in [0, 0.05) is 7.11 Å². The van der Waals surface area contributed by atoms with Gasteiger partial charge in [0.15, 0.2) is 6.29 Å². The van der Waals surface area contributed by atoms with E-state index in [4.69, 9.17) is 14.6 Å². The molecule has 0 aromatic heterocycles. The Morgan fingerprint density at radius 2 is 1.77 bits per heavy atom. The van der Waals surface area contributed by atoms with E-state index in [1.165, 1.54) is 7.11 Å². The summed E-state index contributed by atoms with van der Waals surface area (Å²) >= 11 is 0. The van der Waals surface area contributed by atoms with Gasteiger partial charge in [0.25, 0.3) is 0 Å². The van der Waals surface area contributed by atoms with Gasteiger partial charge in [0.05, 0.1) is 6.61 Å². The van der Waals surface area contributed by atoms with Crippen LogP contribution in [0.4, 0.5) is 0 Å². The molecule has 1 aliphatic heterocycles. The number of methoxy groups -OCH3 is 1. The van der Waals surface area contributed by atoms with Gasteiger partial charge in [-0.3, -0.25) is 0 Å². The van der Waals surface area contributed by atoms with Crippen molar-refractivity contribution in [1.82, 2.24) is 0 Å². The van der Waals surface area contributed by atoms with Crippen LogP contribution in [-0.4, -0.2) is 64.8 Å². The Bertz CT molecular complexity index is 143. The topological polar surface area (TPSA) is 99.4 Å². The standard InChI is InChI=1S/C7H14O6/c1-12-7-6(11)5(10)4(9)3(2-8)13-7/h3-11H,2H2,1H3/t3-,4+,5+,6+,7?/m1/s1. The Morgan fingerprint density at radius 1 is 1.15 bits per heavy atom. The molecule has 4 N–H and O–H groups in total. The van der Waals surface area contributed by atoms with E-state index < -0.39 is 37.3 Å². The number of aliphatic hydroxyl groups excluding tert-OH is 4. The second-order valence-electron chi connectivity index (χ2n) is 2.93. The third-order valence-electron chi connectivity index (χ3n) is 2.08. The molecule has 1 heterocycles. The summed E-state index contributed by atoms with van der Waals surface area (Å²) in [5.74, 6) is 0. The molecule has 0 aliphatic carbocycles. The lowest BCUT2D eigenvalue weighted by Gasteiger charge is -2.38. The predicted molar refractivity (Wildman–Crippen MR) is 40.8 cm³/mol. The number of hydrogen-bond donors (Lipinski definition) is 4. The average molecular weight is 194 g/mol. The zero-order chi connectivity index (χ0) is 10.0. The summed E-state index contributed by atoms with van der Waals surface area (Å²) in [4.78, 5) is 0. The van der Waals surface area contributed by atoms with Crippen LogP contribution in [0.1, 0.15) is 0 Å². The molecule has 13 heavy (non-hydrogen) atoms. The predicted octanol–water partition coefficient (Wildman–Crippen LogP) is -2.57. The van der Waals surface area contributed by atoms with Crippen LogP contribution in [0, 0.1) is 0 Å². The van der Waals surface area contributed by atoms with Crippen LogP contribution in [0.25, 0.3) is 0 Å². The van der Waals surface area contributed by atoms with Crippen LogP contribution in [-0.2, 0) is 9.47 Å². The summed E-state index contributed by atoms with van der Waals surface area (Å²) in [6, 6.07) is 0. The van der Waals surface area contributed by atoms with Gasteiger partial charge >= 0.3 is 0 Å². The lowest BCUT2D eigenvalue weighted by atomic mass is 9.99. The maximum absolute atomic E-state index is 9.28. The van der Waals surface area contributed by atoms with E-state index >= 15 is 0 Å². The highest BCUT2D eigenvalue weighted by molar-refractivity contribution is 4.88. The summed E-state index contributed by atoms with van der Waals surface area (Å²) in [6.45, 7) is -0.440. The zero-order valence-electron chi connectivity index (χ0n) is 7.20. The zero-order valence-corrected chi connectivity index (χ0v) is 7.20. The van der Waals surface area contributed by atoms with Crippen molar-refractivity contribution in [3.8, 4) is 0 Å². The van der Waals surface area contributed by atoms with E-state index in [0.717, 1.165) is 0 Å². The second-order valence-corrected chi connectivity index (χ2v) is 2.93. The molecule has 0 spiro atoms. The first-order chi connectivity index (χ1) is 6.11. The van der Waals surface area contributed by atoms with E-state index in [9.17, 15) is 15.3 Å². The minimum atomic E-state index is -1.36. The Kier molecular flexibility index (Phi) is 3.60. The molecule has 1 unspecified atom stereocenters. The fraction of sp³-hybridized carbons (Fsp3) is 1.00. The fourth-order valence-corrected chi connectivity index (χ4v) is 1.26. The normalized spacial score (nSPS) is 46.4. The van der Waals surface area contributed by atoms with Gasteiger partial charge in [0.2, 0.25) is 0 Å². The first kappa shape index (κ1) is 10.8. The number of ether oxygens (including phenoxy) is 2.